The number of halogens is 3. The zero-order valence-corrected chi connectivity index (χ0v) is 11.5. The number of sulfonamides is 1. The summed E-state index contributed by atoms with van der Waals surface area (Å²) >= 11 is 0. The second-order valence-electron chi connectivity index (χ2n) is 4.31. The van der Waals surface area contributed by atoms with E-state index in [1.165, 1.54) is 20.9 Å². The maximum absolute atomic E-state index is 12.5. The lowest BCUT2D eigenvalue weighted by atomic mass is 10.4. The van der Waals surface area contributed by atoms with E-state index in [-0.39, 0.29) is 5.82 Å². The van der Waals surface area contributed by atoms with Crippen LogP contribution >= 0.6 is 0 Å². The van der Waals surface area contributed by atoms with Crippen molar-refractivity contribution < 1.29 is 21.6 Å². The average Bonchev–Trinajstić information content (AvgIpc) is 2.53. The van der Waals surface area contributed by atoms with Gasteiger partial charge in [-0.05, 0) is 13.8 Å². The van der Waals surface area contributed by atoms with Crippen LogP contribution in [0.2, 0.25) is 0 Å². The van der Waals surface area contributed by atoms with Crippen LogP contribution in [0.5, 0.6) is 0 Å². The predicted molar refractivity (Wildman–Crippen MR) is 62.7 cm³/mol. The number of rotatable bonds is 4. The minimum absolute atomic E-state index is 0.324. The maximum atomic E-state index is 12.5. The third kappa shape index (κ3) is 3.60. The van der Waals surface area contributed by atoms with Crippen molar-refractivity contribution in [3.05, 3.63) is 6.20 Å². The van der Waals surface area contributed by atoms with Gasteiger partial charge in [-0.15, -0.1) is 0 Å². The summed E-state index contributed by atoms with van der Waals surface area (Å²) in [7, 11) is -2.91. The molecule has 0 fully saturated rings. The maximum Gasteiger partial charge on any atom is 0.402 e. The Hall–Kier alpha value is -1.29. The number of anilines is 1. The first-order valence-corrected chi connectivity index (χ1v) is 6.77. The number of alkyl halides is 3. The van der Waals surface area contributed by atoms with Crippen molar-refractivity contribution in [2.45, 2.75) is 31.0 Å². The van der Waals surface area contributed by atoms with Crippen molar-refractivity contribution in [1.82, 2.24) is 14.1 Å². The number of nitrogens with two attached hydrogens (primary N) is 1. The number of hydrogen-bond acceptors (Lipinski definition) is 4. The number of nitrogens with zero attached hydrogens (tertiary/aromatic N) is 3. The summed E-state index contributed by atoms with van der Waals surface area (Å²) in [5.41, 5.74) is 5.41. The van der Waals surface area contributed by atoms with Crippen molar-refractivity contribution >= 4 is 15.8 Å². The van der Waals surface area contributed by atoms with Crippen LogP contribution in [0.1, 0.15) is 13.8 Å². The minimum Gasteiger partial charge on any atom is -0.381 e. The molecule has 6 nitrogen and oxygen atoms in total. The molecule has 1 rings (SSSR count). The second-order valence-corrected chi connectivity index (χ2v) is 6.17. The molecule has 1 aromatic heterocycles. The molecular weight excluding hydrogens is 285 g/mol. The smallest absolute Gasteiger partial charge is 0.381 e. The lowest BCUT2D eigenvalue weighted by Crippen LogP contribution is -2.43. The second kappa shape index (κ2) is 5.00. The van der Waals surface area contributed by atoms with Gasteiger partial charge in [0.2, 0.25) is 10.0 Å². The van der Waals surface area contributed by atoms with Crippen LogP contribution in [0.3, 0.4) is 0 Å². The lowest BCUT2D eigenvalue weighted by molar-refractivity contribution is -0.138. The van der Waals surface area contributed by atoms with E-state index in [0.717, 1.165) is 10.9 Å². The number of aryl methyl sites for hydroxylation is 1. The highest BCUT2D eigenvalue weighted by Crippen LogP contribution is 2.26. The van der Waals surface area contributed by atoms with Gasteiger partial charge in [-0.3, -0.25) is 4.68 Å². The van der Waals surface area contributed by atoms with Gasteiger partial charge in [0.1, 0.15) is 11.4 Å². The third-order valence-corrected chi connectivity index (χ3v) is 4.36. The highest BCUT2D eigenvalue weighted by atomic mass is 32.2. The van der Waals surface area contributed by atoms with Crippen molar-refractivity contribution in [2.75, 3.05) is 12.3 Å². The van der Waals surface area contributed by atoms with E-state index in [1.54, 1.807) is 0 Å². The Labute approximate surface area is 109 Å². The molecule has 10 heteroatoms. The highest BCUT2D eigenvalue weighted by molar-refractivity contribution is 7.89. The monoisotopic (exact) mass is 300 g/mol. The summed E-state index contributed by atoms with van der Waals surface area (Å²) in [4.78, 5) is -0.423. The molecule has 1 aromatic rings. The standard InChI is InChI=1S/C9H15F3N4O2S/c1-6(2)16(5-9(10,11)12)19(17,18)7-4-15(3)14-8(7)13/h4,6H,5H2,1-3H3,(H2,13,14). The SMILES string of the molecule is CC(C)N(CC(F)(F)F)S(=O)(=O)c1cn(C)nc1N. The minimum atomic E-state index is -4.63. The zero-order chi connectivity index (χ0) is 15.0. The van der Waals surface area contributed by atoms with E-state index >= 15 is 0 Å². The van der Waals surface area contributed by atoms with E-state index in [1.807, 2.05) is 0 Å². The predicted octanol–water partition coefficient (Wildman–Crippen LogP) is 0.964. The molecule has 0 aliphatic heterocycles. The third-order valence-electron chi connectivity index (χ3n) is 2.32. The van der Waals surface area contributed by atoms with Crippen LogP contribution < -0.4 is 5.73 Å². The summed E-state index contributed by atoms with van der Waals surface area (Å²) in [5.74, 6) is -0.324. The molecule has 0 spiro atoms. The van der Waals surface area contributed by atoms with Gasteiger partial charge >= 0.3 is 6.18 Å². The van der Waals surface area contributed by atoms with Gasteiger partial charge in [0.05, 0.1) is 0 Å². The molecule has 110 valence electrons. The molecule has 0 aliphatic carbocycles. The van der Waals surface area contributed by atoms with E-state index in [0.29, 0.717) is 4.31 Å². The summed E-state index contributed by atoms with van der Waals surface area (Å²) < 4.78 is 63.2. The van der Waals surface area contributed by atoms with E-state index in [9.17, 15) is 21.6 Å². The molecule has 2 N–H and O–H groups in total. The van der Waals surface area contributed by atoms with Gasteiger partial charge in [0, 0.05) is 19.3 Å². The first-order chi connectivity index (χ1) is 8.45. The molecule has 19 heavy (non-hydrogen) atoms. The molecule has 0 radical (unpaired) electrons. The lowest BCUT2D eigenvalue weighted by Gasteiger charge is -2.26. The van der Waals surface area contributed by atoms with Crippen LogP contribution in [-0.2, 0) is 17.1 Å². The van der Waals surface area contributed by atoms with Gasteiger partial charge in [-0.2, -0.15) is 22.6 Å². The molecule has 0 amide bonds. The van der Waals surface area contributed by atoms with Crippen LogP contribution in [0.4, 0.5) is 19.0 Å². The largest absolute Gasteiger partial charge is 0.402 e. The zero-order valence-electron chi connectivity index (χ0n) is 10.6. The van der Waals surface area contributed by atoms with Crippen LogP contribution in [0.25, 0.3) is 0 Å². The van der Waals surface area contributed by atoms with Crippen molar-refractivity contribution in [3.63, 3.8) is 0 Å². The van der Waals surface area contributed by atoms with Crippen LogP contribution in [0, 0.1) is 0 Å². The summed E-state index contributed by atoms with van der Waals surface area (Å²) in [5, 5.41) is 3.62. The van der Waals surface area contributed by atoms with Gasteiger partial charge in [0.15, 0.2) is 5.82 Å². The number of aromatic nitrogens is 2. The molecule has 0 saturated heterocycles. The van der Waals surface area contributed by atoms with Crippen molar-refractivity contribution in [2.24, 2.45) is 7.05 Å². The summed E-state index contributed by atoms with van der Waals surface area (Å²) in [6, 6.07) is -0.855. The Balaban J connectivity index is 3.25. The topological polar surface area (TPSA) is 81.2 Å². The molecule has 0 bridgehead atoms. The summed E-state index contributed by atoms with van der Waals surface area (Å²) in [6.45, 7) is 1.15. The Kier molecular flexibility index (Phi) is 4.15. The van der Waals surface area contributed by atoms with Gasteiger partial charge in [0.25, 0.3) is 0 Å². The van der Waals surface area contributed by atoms with Crippen molar-refractivity contribution in [3.8, 4) is 0 Å². The fourth-order valence-electron chi connectivity index (χ4n) is 1.53. The molecule has 0 atom stereocenters. The van der Waals surface area contributed by atoms with Gasteiger partial charge in [-0.25, -0.2) is 8.42 Å². The molecule has 0 saturated carbocycles. The molecule has 0 unspecified atom stereocenters. The summed E-state index contributed by atoms with van der Waals surface area (Å²) in [6.07, 6.45) is -3.55. The normalized spacial score (nSPS) is 13.5. The van der Waals surface area contributed by atoms with Crippen molar-refractivity contribution in [1.29, 1.82) is 0 Å². The molecule has 0 aromatic carbocycles. The first kappa shape index (κ1) is 15.8. The van der Waals surface area contributed by atoms with E-state index in [4.69, 9.17) is 5.73 Å². The fraction of sp³-hybridized carbons (Fsp3) is 0.667. The number of hydrogen-bond donors (Lipinski definition) is 1. The average molecular weight is 300 g/mol. The first-order valence-electron chi connectivity index (χ1n) is 5.33. The highest BCUT2D eigenvalue weighted by Gasteiger charge is 2.39. The van der Waals surface area contributed by atoms with Gasteiger partial charge in [-0.1, -0.05) is 0 Å². The number of nitrogen functional groups attached to an aromatic ring is 1. The Morgan fingerprint density at radius 3 is 2.32 bits per heavy atom. The quantitative estimate of drug-likeness (QED) is 0.898. The molecule has 1 heterocycles. The van der Waals surface area contributed by atoms with E-state index in [2.05, 4.69) is 5.10 Å². The Morgan fingerprint density at radius 2 is 2.00 bits per heavy atom. The Bertz CT molecular complexity index is 550. The van der Waals surface area contributed by atoms with Crippen LogP contribution in [0.15, 0.2) is 11.1 Å². The van der Waals surface area contributed by atoms with E-state index < -0.39 is 33.7 Å². The van der Waals surface area contributed by atoms with Gasteiger partial charge < -0.3 is 5.73 Å². The molecule has 0 aliphatic rings. The van der Waals surface area contributed by atoms with Crippen LogP contribution in [-0.4, -0.2) is 41.3 Å². The Morgan fingerprint density at radius 1 is 1.47 bits per heavy atom. The molecular formula is C9H15F3N4O2S. The fourth-order valence-corrected chi connectivity index (χ4v) is 3.25.